The Balaban J connectivity index is 2.65. The standard InChI is InChI=1S/C13H22N2/c1-11-7-5-8-13(12(11)2)15(4)10-6-9-14-3/h5,7-8,14H,6,9-10H2,1-4H3. The first-order valence-electron chi connectivity index (χ1n) is 5.58. The molecule has 0 saturated heterocycles. The van der Waals surface area contributed by atoms with Crippen LogP contribution in [0.1, 0.15) is 17.5 Å². The minimum Gasteiger partial charge on any atom is -0.374 e. The first-order valence-corrected chi connectivity index (χ1v) is 5.58. The van der Waals surface area contributed by atoms with Gasteiger partial charge in [0.05, 0.1) is 0 Å². The van der Waals surface area contributed by atoms with E-state index in [0.717, 1.165) is 13.1 Å². The van der Waals surface area contributed by atoms with Crippen LogP contribution in [0.4, 0.5) is 5.69 Å². The summed E-state index contributed by atoms with van der Waals surface area (Å²) in [5.74, 6) is 0. The quantitative estimate of drug-likeness (QED) is 0.744. The fourth-order valence-electron chi connectivity index (χ4n) is 1.76. The Morgan fingerprint density at radius 3 is 2.67 bits per heavy atom. The Morgan fingerprint density at radius 2 is 2.00 bits per heavy atom. The molecule has 0 unspecified atom stereocenters. The number of nitrogens with zero attached hydrogens (tertiary/aromatic N) is 1. The number of rotatable bonds is 5. The molecule has 0 heterocycles. The SMILES string of the molecule is CNCCCN(C)c1cccc(C)c1C. The van der Waals surface area contributed by atoms with Crippen molar-refractivity contribution in [2.24, 2.45) is 0 Å². The molecule has 84 valence electrons. The Bertz CT molecular complexity index is 307. The van der Waals surface area contributed by atoms with E-state index >= 15 is 0 Å². The third-order valence-electron chi connectivity index (χ3n) is 2.91. The van der Waals surface area contributed by atoms with Crippen molar-refractivity contribution in [3.8, 4) is 0 Å². The van der Waals surface area contributed by atoms with Gasteiger partial charge in [-0.05, 0) is 51.1 Å². The molecule has 0 bridgehead atoms. The van der Waals surface area contributed by atoms with Crippen molar-refractivity contribution in [1.82, 2.24) is 5.32 Å². The zero-order valence-electron chi connectivity index (χ0n) is 10.3. The number of nitrogens with one attached hydrogen (secondary N) is 1. The first kappa shape index (κ1) is 12.1. The van der Waals surface area contributed by atoms with Crippen LogP contribution in [0.3, 0.4) is 0 Å². The second-order valence-corrected chi connectivity index (χ2v) is 4.10. The van der Waals surface area contributed by atoms with Crippen LogP contribution in [-0.2, 0) is 0 Å². The Morgan fingerprint density at radius 1 is 1.27 bits per heavy atom. The van der Waals surface area contributed by atoms with Crippen LogP contribution in [0.5, 0.6) is 0 Å². The van der Waals surface area contributed by atoms with E-state index in [1.165, 1.54) is 23.2 Å². The molecule has 2 heteroatoms. The number of aryl methyl sites for hydroxylation is 1. The molecule has 1 N–H and O–H groups in total. The van der Waals surface area contributed by atoms with Gasteiger partial charge in [0.1, 0.15) is 0 Å². The number of hydrogen-bond donors (Lipinski definition) is 1. The molecular weight excluding hydrogens is 184 g/mol. The monoisotopic (exact) mass is 206 g/mol. The maximum Gasteiger partial charge on any atom is 0.0395 e. The minimum absolute atomic E-state index is 1.08. The lowest BCUT2D eigenvalue weighted by Gasteiger charge is -2.22. The highest BCUT2D eigenvalue weighted by atomic mass is 15.1. The maximum absolute atomic E-state index is 3.17. The number of anilines is 1. The largest absolute Gasteiger partial charge is 0.374 e. The van der Waals surface area contributed by atoms with Crippen molar-refractivity contribution in [1.29, 1.82) is 0 Å². The Hall–Kier alpha value is -1.02. The summed E-state index contributed by atoms with van der Waals surface area (Å²) in [4.78, 5) is 2.33. The van der Waals surface area contributed by atoms with Crippen LogP contribution < -0.4 is 10.2 Å². The van der Waals surface area contributed by atoms with Gasteiger partial charge >= 0.3 is 0 Å². The molecule has 15 heavy (non-hydrogen) atoms. The van der Waals surface area contributed by atoms with Gasteiger partial charge in [-0.2, -0.15) is 0 Å². The minimum atomic E-state index is 1.08. The van der Waals surface area contributed by atoms with Crippen LogP contribution in [0.15, 0.2) is 18.2 Å². The van der Waals surface area contributed by atoms with Crippen molar-refractivity contribution in [3.63, 3.8) is 0 Å². The Labute approximate surface area is 93.3 Å². The predicted octanol–water partition coefficient (Wildman–Crippen LogP) is 2.35. The van der Waals surface area contributed by atoms with Gasteiger partial charge in [0.25, 0.3) is 0 Å². The molecule has 0 aromatic heterocycles. The van der Waals surface area contributed by atoms with E-state index in [1.54, 1.807) is 0 Å². The topological polar surface area (TPSA) is 15.3 Å². The summed E-state index contributed by atoms with van der Waals surface area (Å²) in [6.45, 7) is 6.54. The molecule has 0 aliphatic carbocycles. The zero-order chi connectivity index (χ0) is 11.3. The molecule has 0 aliphatic rings. The zero-order valence-corrected chi connectivity index (χ0v) is 10.3. The van der Waals surface area contributed by atoms with E-state index in [2.05, 4.69) is 49.3 Å². The number of benzene rings is 1. The summed E-state index contributed by atoms with van der Waals surface area (Å²) in [6.07, 6.45) is 1.18. The molecule has 0 amide bonds. The van der Waals surface area contributed by atoms with E-state index in [0.29, 0.717) is 0 Å². The van der Waals surface area contributed by atoms with Crippen LogP contribution in [0.2, 0.25) is 0 Å². The summed E-state index contributed by atoms with van der Waals surface area (Å²) < 4.78 is 0. The highest BCUT2D eigenvalue weighted by Gasteiger charge is 2.04. The third-order valence-corrected chi connectivity index (χ3v) is 2.91. The molecule has 0 atom stereocenters. The highest BCUT2D eigenvalue weighted by molar-refractivity contribution is 5.55. The van der Waals surface area contributed by atoms with Gasteiger partial charge in [-0.3, -0.25) is 0 Å². The summed E-state index contributed by atoms with van der Waals surface area (Å²) >= 11 is 0. The lowest BCUT2D eigenvalue weighted by Crippen LogP contribution is -2.23. The van der Waals surface area contributed by atoms with E-state index in [-0.39, 0.29) is 0 Å². The maximum atomic E-state index is 3.17. The normalized spacial score (nSPS) is 10.4. The van der Waals surface area contributed by atoms with Gasteiger partial charge in [0.2, 0.25) is 0 Å². The molecule has 1 rings (SSSR count). The smallest absolute Gasteiger partial charge is 0.0395 e. The van der Waals surface area contributed by atoms with Crippen molar-refractivity contribution < 1.29 is 0 Å². The molecule has 0 saturated carbocycles. The van der Waals surface area contributed by atoms with Gasteiger partial charge in [0.15, 0.2) is 0 Å². The second kappa shape index (κ2) is 5.76. The lowest BCUT2D eigenvalue weighted by atomic mass is 10.1. The average molecular weight is 206 g/mol. The highest BCUT2D eigenvalue weighted by Crippen LogP contribution is 2.21. The fraction of sp³-hybridized carbons (Fsp3) is 0.538. The van der Waals surface area contributed by atoms with Gasteiger partial charge < -0.3 is 10.2 Å². The molecule has 0 fully saturated rings. The molecule has 0 spiro atoms. The molecular formula is C13H22N2. The lowest BCUT2D eigenvalue weighted by molar-refractivity contribution is 0.712. The van der Waals surface area contributed by atoms with E-state index < -0.39 is 0 Å². The van der Waals surface area contributed by atoms with Crippen molar-refractivity contribution >= 4 is 5.69 Å². The van der Waals surface area contributed by atoms with Crippen molar-refractivity contribution in [2.75, 3.05) is 32.1 Å². The second-order valence-electron chi connectivity index (χ2n) is 4.10. The van der Waals surface area contributed by atoms with Crippen LogP contribution in [0.25, 0.3) is 0 Å². The average Bonchev–Trinajstić information content (AvgIpc) is 2.22. The third kappa shape index (κ3) is 3.24. The molecule has 0 aliphatic heterocycles. The Kier molecular flexibility index (Phi) is 4.63. The molecule has 1 aromatic carbocycles. The van der Waals surface area contributed by atoms with E-state index in [1.807, 2.05) is 7.05 Å². The predicted molar refractivity (Wildman–Crippen MR) is 67.7 cm³/mol. The fourth-order valence-corrected chi connectivity index (χ4v) is 1.76. The summed E-state index contributed by atoms with van der Waals surface area (Å²) in [5.41, 5.74) is 4.11. The van der Waals surface area contributed by atoms with E-state index in [9.17, 15) is 0 Å². The number of hydrogen-bond acceptors (Lipinski definition) is 2. The molecule has 1 aromatic rings. The summed E-state index contributed by atoms with van der Waals surface area (Å²) in [5, 5.41) is 3.17. The van der Waals surface area contributed by atoms with Crippen LogP contribution in [-0.4, -0.2) is 27.2 Å². The summed E-state index contributed by atoms with van der Waals surface area (Å²) in [6, 6.07) is 6.49. The van der Waals surface area contributed by atoms with Gasteiger partial charge in [-0.25, -0.2) is 0 Å². The van der Waals surface area contributed by atoms with Gasteiger partial charge in [-0.1, -0.05) is 12.1 Å². The van der Waals surface area contributed by atoms with Crippen molar-refractivity contribution in [3.05, 3.63) is 29.3 Å². The molecule has 0 radical (unpaired) electrons. The first-order chi connectivity index (χ1) is 7.16. The van der Waals surface area contributed by atoms with Crippen LogP contribution in [0, 0.1) is 13.8 Å². The van der Waals surface area contributed by atoms with Gasteiger partial charge in [0, 0.05) is 19.3 Å². The van der Waals surface area contributed by atoms with Crippen LogP contribution >= 0.6 is 0 Å². The van der Waals surface area contributed by atoms with Crippen molar-refractivity contribution in [2.45, 2.75) is 20.3 Å². The summed E-state index contributed by atoms with van der Waals surface area (Å²) in [7, 11) is 4.16. The van der Waals surface area contributed by atoms with E-state index in [4.69, 9.17) is 0 Å². The van der Waals surface area contributed by atoms with Gasteiger partial charge in [-0.15, -0.1) is 0 Å². The molecule has 2 nitrogen and oxygen atoms in total.